The van der Waals surface area contributed by atoms with E-state index in [1.165, 1.54) is 28.8 Å². The van der Waals surface area contributed by atoms with Gasteiger partial charge in [0.2, 0.25) is 0 Å². The number of aromatic nitrogens is 5. The highest BCUT2D eigenvalue weighted by atomic mass is 15.3. The van der Waals surface area contributed by atoms with Gasteiger partial charge < -0.3 is 9.80 Å². The molecule has 8 heteroatoms. The monoisotopic (exact) mass is 510 g/mol. The molecule has 0 N–H and O–H groups in total. The van der Waals surface area contributed by atoms with E-state index in [1.807, 2.05) is 17.6 Å². The number of likely N-dealkylation sites (N-methyl/N-ethyl adjacent to an activating group) is 1. The Bertz CT molecular complexity index is 1400. The minimum Gasteiger partial charge on any atom is -0.371 e. The number of nitrogens with zero attached hydrogens (tertiary/aromatic N) is 8. The Morgan fingerprint density at radius 1 is 0.895 bits per heavy atom. The summed E-state index contributed by atoms with van der Waals surface area (Å²) in [5.74, 6) is 2.07. The molecule has 0 radical (unpaired) electrons. The number of hydrogen-bond donors (Lipinski definition) is 0. The molecule has 4 aromatic rings. The third-order valence-electron chi connectivity index (χ3n) is 8.29. The average molecular weight is 511 g/mol. The molecule has 6 rings (SSSR count). The third kappa shape index (κ3) is 5.15. The number of pyridine rings is 1. The van der Waals surface area contributed by atoms with E-state index in [0.29, 0.717) is 11.7 Å². The highest BCUT2D eigenvalue weighted by Crippen LogP contribution is 2.29. The van der Waals surface area contributed by atoms with Crippen LogP contribution in [0.25, 0.3) is 17.0 Å². The summed E-state index contributed by atoms with van der Waals surface area (Å²) in [7, 11) is 2.20. The maximum atomic E-state index is 4.79. The molecule has 3 aromatic heterocycles. The summed E-state index contributed by atoms with van der Waals surface area (Å²) < 4.78 is 1.90. The lowest BCUT2D eigenvalue weighted by atomic mass is 9.96. The van der Waals surface area contributed by atoms with E-state index >= 15 is 0 Å². The Balaban J connectivity index is 1.08. The Labute approximate surface area is 225 Å². The molecule has 2 saturated heterocycles. The van der Waals surface area contributed by atoms with Crippen molar-refractivity contribution in [3.63, 3.8) is 0 Å². The molecule has 5 heterocycles. The van der Waals surface area contributed by atoms with Crippen molar-refractivity contribution < 1.29 is 0 Å². The van der Waals surface area contributed by atoms with E-state index in [9.17, 15) is 0 Å². The first-order valence-corrected chi connectivity index (χ1v) is 13.8. The van der Waals surface area contributed by atoms with Crippen LogP contribution in [-0.2, 0) is 13.0 Å². The van der Waals surface area contributed by atoms with Gasteiger partial charge in [0.1, 0.15) is 5.82 Å². The average Bonchev–Trinajstić information content (AvgIpc) is 3.55. The van der Waals surface area contributed by atoms with Crippen molar-refractivity contribution in [1.29, 1.82) is 0 Å². The quantitative estimate of drug-likeness (QED) is 0.389. The van der Waals surface area contributed by atoms with Crippen molar-refractivity contribution >= 4 is 11.5 Å². The van der Waals surface area contributed by atoms with Crippen LogP contribution in [-0.4, -0.2) is 80.7 Å². The van der Waals surface area contributed by atoms with Crippen molar-refractivity contribution in [3.8, 4) is 11.3 Å². The molecule has 0 saturated carbocycles. The highest BCUT2D eigenvalue weighted by molar-refractivity contribution is 5.63. The Hall–Kier alpha value is -3.36. The molecule has 2 aliphatic rings. The number of hydrogen-bond acceptors (Lipinski definition) is 7. The van der Waals surface area contributed by atoms with Crippen molar-refractivity contribution in [2.45, 2.75) is 40.2 Å². The van der Waals surface area contributed by atoms with Gasteiger partial charge in [-0.2, -0.15) is 10.1 Å². The van der Waals surface area contributed by atoms with Crippen molar-refractivity contribution in [3.05, 3.63) is 70.9 Å². The van der Waals surface area contributed by atoms with Gasteiger partial charge in [-0.05, 0) is 75.9 Å². The summed E-state index contributed by atoms with van der Waals surface area (Å²) in [5, 5.41) is 4.54. The number of fused-ring (bicyclic) bond motifs is 1. The van der Waals surface area contributed by atoms with Crippen molar-refractivity contribution in [2.75, 3.05) is 51.2 Å². The second-order valence-corrected chi connectivity index (χ2v) is 11.1. The number of anilines is 1. The fourth-order valence-corrected chi connectivity index (χ4v) is 5.92. The normalized spacial score (nSPS) is 19.1. The van der Waals surface area contributed by atoms with E-state index in [4.69, 9.17) is 9.97 Å². The molecular formula is C30H38N8. The molecule has 2 aliphatic heterocycles. The zero-order valence-corrected chi connectivity index (χ0v) is 23.1. The van der Waals surface area contributed by atoms with E-state index in [0.717, 1.165) is 75.1 Å². The van der Waals surface area contributed by atoms with Gasteiger partial charge in [-0.3, -0.25) is 9.88 Å². The Kier molecular flexibility index (Phi) is 6.84. The van der Waals surface area contributed by atoms with E-state index in [2.05, 4.69) is 82.1 Å². The number of rotatable bonds is 6. The third-order valence-corrected chi connectivity index (χ3v) is 8.29. The van der Waals surface area contributed by atoms with Gasteiger partial charge in [-0.25, -0.2) is 9.50 Å². The SMILES string of the molecule is Cc1nc2nc(C)c(CC3CCN(c4ccc(-c5ccc(CN6CCN(C)CC6)cn5)cc4)C3)c(C)n2n1. The molecule has 198 valence electrons. The van der Waals surface area contributed by atoms with Gasteiger partial charge >= 0.3 is 0 Å². The maximum Gasteiger partial charge on any atom is 0.252 e. The van der Waals surface area contributed by atoms with E-state index in [-0.39, 0.29) is 0 Å². The lowest BCUT2D eigenvalue weighted by molar-refractivity contribution is 0.148. The molecule has 0 bridgehead atoms. The second kappa shape index (κ2) is 10.4. The fourth-order valence-electron chi connectivity index (χ4n) is 5.92. The zero-order valence-electron chi connectivity index (χ0n) is 23.1. The zero-order chi connectivity index (χ0) is 26.2. The van der Waals surface area contributed by atoms with Crippen LogP contribution < -0.4 is 4.90 Å². The van der Waals surface area contributed by atoms with Gasteiger partial charge in [-0.15, -0.1) is 0 Å². The van der Waals surface area contributed by atoms with Gasteiger partial charge in [0.15, 0.2) is 0 Å². The van der Waals surface area contributed by atoms with Crippen LogP contribution in [0, 0.1) is 26.7 Å². The minimum atomic E-state index is 0.602. The van der Waals surface area contributed by atoms with Gasteiger partial charge in [0.05, 0.1) is 5.69 Å². The Morgan fingerprint density at radius 2 is 1.68 bits per heavy atom. The second-order valence-electron chi connectivity index (χ2n) is 11.1. The van der Waals surface area contributed by atoms with Crippen LogP contribution in [0.15, 0.2) is 42.6 Å². The standard InChI is InChI=1S/C30H38N8/c1-21-28(22(2)38-30(32-21)33-23(3)34-38)17-24-11-12-37(20-24)27-8-6-26(7-9-27)29-10-5-25(18-31-29)19-36-15-13-35(4)14-16-36/h5-10,18,24H,11-17,19-20H2,1-4H3. The number of benzene rings is 1. The topological polar surface area (TPSA) is 65.7 Å². The van der Waals surface area contributed by atoms with Crippen LogP contribution in [0.4, 0.5) is 5.69 Å². The molecule has 0 aliphatic carbocycles. The minimum absolute atomic E-state index is 0.602. The summed E-state index contributed by atoms with van der Waals surface area (Å²) in [6, 6.07) is 13.3. The van der Waals surface area contributed by atoms with Gasteiger partial charge in [0, 0.05) is 74.6 Å². The molecule has 38 heavy (non-hydrogen) atoms. The molecule has 0 amide bonds. The lowest BCUT2D eigenvalue weighted by Crippen LogP contribution is -2.43. The molecular weight excluding hydrogens is 472 g/mol. The summed E-state index contributed by atoms with van der Waals surface area (Å²) in [5.41, 5.74) is 8.34. The first kappa shape index (κ1) is 24.9. The van der Waals surface area contributed by atoms with Crippen LogP contribution in [0.2, 0.25) is 0 Å². The molecule has 1 aromatic carbocycles. The molecule has 0 spiro atoms. The fraction of sp³-hybridized carbons (Fsp3) is 0.467. The molecule has 2 fully saturated rings. The number of piperazine rings is 1. The lowest BCUT2D eigenvalue weighted by Gasteiger charge is -2.32. The summed E-state index contributed by atoms with van der Waals surface area (Å²) in [6.45, 7) is 13.8. The van der Waals surface area contributed by atoms with Crippen LogP contribution in [0.5, 0.6) is 0 Å². The maximum absolute atomic E-state index is 4.79. The smallest absolute Gasteiger partial charge is 0.252 e. The Morgan fingerprint density at radius 3 is 2.42 bits per heavy atom. The predicted molar refractivity (Wildman–Crippen MR) is 151 cm³/mol. The van der Waals surface area contributed by atoms with Gasteiger partial charge in [-0.1, -0.05) is 18.2 Å². The largest absolute Gasteiger partial charge is 0.371 e. The summed E-state index contributed by atoms with van der Waals surface area (Å²) in [4.78, 5) is 21.4. The van der Waals surface area contributed by atoms with Crippen molar-refractivity contribution in [1.82, 2.24) is 34.4 Å². The summed E-state index contributed by atoms with van der Waals surface area (Å²) >= 11 is 0. The van der Waals surface area contributed by atoms with Crippen LogP contribution in [0.3, 0.4) is 0 Å². The van der Waals surface area contributed by atoms with E-state index < -0.39 is 0 Å². The number of aryl methyl sites for hydroxylation is 3. The first-order chi connectivity index (χ1) is 18.4. The van der Waals surface area contributed by atoms with Crippen LogP contribution in [0.1, 0.15) is 34.8 Å². The van der Waals surface area contributed by atoms with E-state index in [1.54, 1.807) is 0 Å². The first-order valence-electron chi connectivity index (χ1n) is 13.8. The molecule has 1 unspecified atom stereocenters. The molecule has 8 nitrogen and oxygen atoms in total. The van der Waals surface area contributed by atoms with Crippen molar-refractivity contribution in [2.24, 2.45) is 5.92 Å². The highest BCUT2D eigenvalue weighted by Gasteiger charge is 2.25. The van der Waals surface area contributed by atoms with Gasteiger partial charge in [0.25, 0.3) is 5.78 Å². The summed E-state index contributed by atoms with van der Waals surface area (Å²) in [6.07, 6.45) is 4.26. The molecule has 1 atom stereocenters. The predicted octanol–water partition coefficient (Wildman–Crippen LogP) is 3.93. The van der Waals surface area contributed by atoms with Crippen LogP contribution >= 0.6 is 0 Å².